The Morgan fingerprint density at radius 1 is 1.18 bits per heavy atom. The van der Waals surface area contributed by atoms with E-state index in [9.17, 15) is 4.79 Å². The van der Waals surface area contributed by atoms with Gasteiger partial charge in [0.05, 0.1) is 0 Å². The van der Waals surface area contributed by atoms with E-state index in [2.05, 4.69) is 27.7 Å². The van der Waals surface area contributed by atoms with E-state index in [0.29, 0.717) is 11.8 Å². The minimum Gasteiger partial charge on any atom is -0.276 e. The molecule has 0 spiro atoms. The lowest BCUT2D eigenvalue weighted by atomic mass is 9.92. The van der Waals surface area contributed by atoms with Gasteiger partial charge in [0.1, 0.15) is 0 Å². The number of carbonyl (C=O) groups is 1. The van der Waals surface area contributed by atoms with Crippen molar-refractivity contribution in [2.24, 2.45) is 11.8 Å². The molecular formula is C9H15ClO. The van der Waals surface area contributed by atoms with Gasteiger partial charge in [0, 0.05) is 0 Å². The molecule has 2 heteroatoms. The fourth-order valence-corrected chi connectivity index (χ4v) is 1.26. The molecule has 11 heavy (non-hydrogen) atoms. The van der Waals surface area contributed by atoms with Crippen LogP contribution in [0.25, 0.3) is 0 Å². The molecule has 0 aliphatic carbocycles. The van der Waals surface area contributed by atoms with Crippen molar-refractivity contribution in [3.8, 4) is 0 Å². The number of halogens is 1. The quantitative estimate of drug-likeness (QED) is 0.475. The average Bonchev–Trinajstić information content (AvgIpc) is 1.81. The molecule has 1 nitrogen and oxygen atoms in total. The van der Waals surface area contributed by atoms with E-state index in [0.717, 1.165) is 5.57 Å². The standard InChI is InChI=1S/C9H15ClO/c1-6(2)8(7(3)4)5-9(10)11/h5-7H,1-4H3. The van der Waals surface area contributed by atoms with Crippen molar-refractivity contribution in [3.63, 3.8) is 0 Å². The van der Waals surface area contributed by atoms with Crippen molar-refractivity contribution in [2.75, 3.05) is 0 Å². The molecular weight excluding hydrogens is 160 g/mol. The molecule has 0 bridgehead atoms. The molecule has 0 aromatic heterocycles. The van der Waals surface area contributed by atoms with E-state index in [4.69, 9.17) is 11.6 Å². The van der Waals surface area contributed by atoms with Gasteiger partial charge in [-0.15, -0.1) is 0 Å². The minimum absolute atomic E-state index is 0.373. The second-order valence-electron chi connectivity index (χ2n) is 3.26. The summed E-state index contributed by atoms with van der Waals surface area (Å²) in [5, 5.41) is -0.373. The van der Waals surface area contributed by atoms with Crippen LogP contribution in [0.5, 0.6) is 0 Å². The zero-order valence-corrected chi connectivity index (χ0v) is 8.27. The van der Waals surface area contributed by atoms with Crippen LogP contribution in [0.3, 0.4) is 0 Å². The molecule has 0 amide bonds. The Hall–Kier alpha value is -0.300. The maximum absolute atomic E-state index is 10.6. The minimum atomic E-state index is -0.373. The second kappa shape index (κ2) is 4.55. The summed E-state index contributed by atoms with van der Waals surface area (Å²) < 4.78 is 0. The monoisotopic (exact) mass is 174 g/mol. The second-order valence-corrected chi connectivity index (χ2v) is 3.63. The van der Waals surface area contributed by atoms with Crippen LogP contribution in [0.2, 0.25) is 0 Å². The summed E-state index contributed by atoms with van der Waals surface area (Å²) in [7, 11) is 0. The smallest absolute Gasteiger partial charge is 0.245 e. The topological polar surface area (TPSA) is 17.1 Å². The first-order valence-corrected chi connectivity index (χ1v) is 4.24. The Morgan fingerprint density at radius 2 is 1.55 bits per heavy atom. The molecule has 0 N–H and O–H groups in total. The van der Waals surface area contributed by atoms with E-state index >= 15 is 0 Å². The van der Waals surface area contributed by atoms with Gasteiger partial charge in [-0.3, -0.25) is 4.79 Å². The Bertz CT molecular complexity index is 158. The van der Waals surface area contributed by atoms with Crippen LogP contribution in [0.4, 0.5) is 0 Å². The summed E-state index contributed by atoms with van der Waals surface area (Å²) in [5.74, 6) is 0.801. The van der Waals surface area contributed by atoms with Gasteiger partial charge in [-0.1, -0.05) is 33.3 Å². The number of rotatable bonds is 3. The Balaban J connectivity index is 4.46. The summed E-state index contributed by atoms with van der Waals surface area (Å²) in [4.78, 5) is 10.6. The van der Waals surface area contributed by atoms with E-state index in [-0.39, 0.29) is 5.24 Å². The third-order valence-corrected chi connectivity index (χ3v) is 1.72. The van der Waals surface area contributed by atoms with Gasteiger partial charge in [-0.05, 0) is 29.5 Å². The molecule has 0 saturated heterocycles. The molecule has 64 valence electrons. The number of allylic oxidation sites excluding steroid dienone is 2. The molecule has 0 fully saturated rings. The maximum Gasteiger partial charge on any atom is 0.245 e. The van der Waals surface area contributed by atoms with Crippen LogP contribution in [-0.4, -0.2) is 5.24 Å². The number of hydrogen-bond acceptors (Lipinski definition) is 1. The van der Waals surface area contributed by atoms with Crippen LogP contribution < -0.4 is 0 Å². The largest absolute Gasteiger partial charge is 0.276 e. The van der Waals surface area contributed by atoms with Gasteiger partial charge in [-0.25, -0.2) is 0 Å². The van der Waals surface area contributed by atoms with Gasteiger partial charge in [0.2, 0.25) is 5.24 Å². The summed E-state index contributed by atoms with van der Waals surface area (Å²) in [6.45, 7) is 8.24. The van der Waals surface area contributed by atoms with Crippen molar-refractivity contribution in [3.05, 3.63) is 11.6 Å². The highest BCUT2D eigenvalue weighted by Gasteiger charge is 2.08. The Kier molecular flexibility index (Phi) is 4.43. The highest BCUT2D eigenvalue weighted by Crippen LogP contribution is 2.19. The van der Waals surface area contributed by atoms with Crippen molar-refractivity contribution in [1.82, 2.24) is 0 Å². The highest BCUT2D eigenvalue weighted by atomic mass is 35.5. The molecule has 0 unspecified atom stereocenters. The lowest BCUT2D eigenvalue weighted by molar-refractivity contribution is -0.107. The molecule has 0 aliphatic heterocycles. The van der Waals surface area contributed by atoms with Gasteiger partial charge < -0.3 is 0 Å². The third-order valence-electron chi connectivity index (χ3n) is 1.61. The summed E-state index contributed by atoms with van der Waals surface area (Å²) in [5.41, 5.74) is 1.12. The van der Waals surface area contributed by atoms with E-state index in [1.54, 1.807) is 0 Å². The van der Waals surface area contributed by atoms with E-state index < -0.39 is 0 Å². The number of carbonyl (C=O) groups excluding carboxylic acids is 1. The normalized spacial score (nSPS) is 10.5. The first kappa shape index (κ1) is 10.7. The van der Waals surface area contributed by atoms with Crippen molar-refractivity contribution in [2.45, 2.75) is 27.7 Å². The fourth-order valence-electron chi connectivity index (χ4n) is 1.13. The zero-order valence-electron chi connectivity index (χ0n) is 7.52. The van der Waals surface area contributed by atoms with Crippen LogP contribution in [0.15, 0.2) is 11.6 Å². The summed E-state index contributed by atoms with van der Waals surface area (Å²) in [6, 6.07) is 0. The molecule has 0 aliphatic rings. The number of hydrogen-bond donors (Lipinski definition) is 0. The molecule has 0 saturated carbocycles. The van der Waals surface area contributed by atoms with Crippen LogP contribution in [0, 0.1) is 11.8 Å². The molecule has 0 aromatic carbocycles. The molecule has 0 aromatic rings. The van der Waals surface area contributed by atoms with Gasteiger partial charge in [0.15, 0.2) is 0 Å². The molecule has 0 atom stereocenters. The molecule has 0 radical (unpaired) electrons. The molecule has 0 rings (SSSR count). The Morgan fingerprint density at radius 3 is 1.64 bits per heavy atom. The summed E-state index contributed by atoms with van der Waals surface area (Å²) in [6.07, 6.45) is 1.52. The predicted molar refractivity (Wildman–Crippen MR) is 48.6 cm³/mol. The SMILES string of the molecule is CC(C)C(=CC(=O)Cl)C(C)C. The maximum atomic E-state index is 10.6. The van der Waals surface area contributed by atoms with Crippen LogP contribution in [0.1, 0.15) is 27.7 Å². The first-order valence-electron chi connectivity index (χ1n) is 3.86. The van der Waals surface area contributed by atoms with Gasteiger partial charge in [-0.2, -0.15) is 0 Å². The van der Waals surface area contributed by atoms with Crippen LogP contribution >= 0.6 is 11.6 Å². The summed E-state index contributed by atoms with van der Waals surface area (Å²) >= 11 is 5.25. The third kappa shape index (κ3) is 4.20. The Labute approximate surface area is 73.4 Å². The lowest BCUT2D eigenvalue weighted by Crippen LogP contribution is -2.03. The zero-order chi connectivity index (χ0) is 9.02. The van der Waals surface area contributed by atoms with Crippen molar-refractivity contribution in [1.29, 1.82) is 0 Å². The van der Waals surface area contributed by atoms with Crippen molar-refractivity contribution < 1.29 is 4.79 Å². The van der Waals surface area contributed by atoms with Crippen molar-refractivity contribution >= 4 is 16.8 Å². The highest BCUT2D eigenvalue weighted by molar-refractivity contribution is 6.66. The van der Waals surface area contributed by atoms with Crippen LogP contribution in [-0.2, 0) is 4.79 Å². The average molecular weight is 175 g/mol. The predicted octanol–water partition coefficient (Wildman–Crippen LogP) is 2.99. The van der Waals surface area contributed by atoms with Gasteiger partial charge >= 0.3 is 0 Å². The first-order chi connectivity index (χ1) is 4.95. The van der Waals surface area contributed by atoms with Gasteiger partial charge in [0.25, 0.3) is 0 Å². The van der Waals surface area contributed by atoms with E-state index in [1.807, 2.05) is 0 Å². The molecule has 0 heterocycles. The van der Waals surface area contributed by atoms with E-state index in [1.165, 1.54) is 6.08 Å². The lowest BCUT2D eigenvalue weighted by Gasteiger charge is -2.13. The fraction of sp³-hybridized carbons (Fsp3) is 0.667.